The molecule has 0 bridgehead atoms. The summed E-state index contributed by atoms with van der Waals surface area (Å²) in [6.45, 7) is 7.52. The lowest BCUT2D eigenvalue weighted by molar-refractivity contribution is -0.136. The molecule has 1 aliphatic heterocycles. The van der Waals surface area contributed by atoms with Gasteiger partial charge in [-0.1, -0.05) is 26.7 Å². The fourth-order valence-electron chi connectivity index (χ4n) is 3.20. The molecule has 6 nitrogen and oxygen atoms in total. The van der Waals surface area contributed by atoms with Crippen LogP contribution in [0.4, 0.5) is 5.69 Å². The number of rotatable bonds is 9. The monoisotopic (exact) mass is 361 g/mol. The predicted molar refractivity (Wildman–Crippen MR) is 103 cm³/mol. The Morgan fingerprint density at radius 1 is 1.15 bits per heavy atom. The van der Waals surface area contributed by atoms with Crippen LogP contribution >= 0.6 is 0 Å². The molecule has 0 spiro atoms. The molecule has 1 aromatic rings. The van der Waals surface area contributed by atoms with E-state index in [0.29, 0.717) is 24.9 Å². The molecule has 26 heavy (non-hydrogen) atoms. The van der Waals surface area contributed by atoms with Crippen molar-refractivity contribution in [3.05, 3.63) is 24.3 Å². The average molecular weight is 361 g/mol. The Kier molecular flexibility index (Phi) is 8.41. The molecule has 0 radical (unpaired) electrons. The number of nitrogens with one attached hydrogen (secondary N) is 2. The van der Waals surface area contributed by atoms with Crippen molar-refractivity contribution >= 4 is 17.5 Å². The molecule has 1 fully saturated rings. The Morgan fingerprint density at radius 2 is 1.92 bits per heavy atom. The summed E-state index contributed by atoms with van der Waals surface area (Å²) < 4.78 is 5.64. The molecule has 1 aliphatic rings. The highest BCUT2D eigenvalue weighted by Gasteiger charge is 2.24. The maximum absolute atomic E-state index is 12.0. The van der Waals surface area contributed by atoms with Gasteiger partial charge in [-0.3, -0.25) is 14.5 Å². The molecule has 6 heteroatoms. The summed E-state index contributed by atoms with van der Waals surface area (Å²) in [7, 11) is 0. The second-order valence-corrected chi connectivity index (χ2v) is 6.67. The zero-order valence-electron chi connectivity index (χ0n) is 15.9. The van der Waals surface area contributed by atoms with E-state index in [1.54, 1.807) is 24.3 Å². The van der Waals surface area contributed by atoms with Gasteiger partial charge in [0.2, 0.25) is 0 Å². The molecule has 1 atom stereocenters. The van der Waals surface area contributed by atoms with Crippen LogP contribution in [0, 0.1) is 0 Å². The number of carbonyl (C=O) groups excluding carboxylic acids is 2. The number of amides is 2. The zero-order valence-corrected chi connectivity index (χ0v) is 15.9. The van der Waals surface area contributed by atoms with E-state index in [-0.39, 0.29) is 0 Å². The highest BCUT2D eigenvalue weighted by atomic mass is 16.5. The standard InChI is InChI=1S/C20H31N3O3/c1-3-5-6-14-26-18-11-9-16(10-12-18)22-20(25)19(24)21-15-17-8-7-13-23(17)4-2/h9-12,17H,3-8,13-15H2,1-2H3,(H,21,24)(H,22,25)/t17-/m0/s1. The molecule has 2 amide bonds. The number of likely N-dealkylation sites (tertiary alicyclic amines) is 1. The highest BCUT2D eigenvalue weighted by Crippen LogP contribution is 2.17. The smallest absolute Gasteiger partial charge is 0.313 e. The van der Waals surface area contributed by atoms with E-state index in [9.17, 15) is 9.59 Å². The van der Waals surface area contributed by atoms with Crippen molar-refractivity contribution in [3.63, 3.8) is 0 Å². The lowest BCUT2D eigenvalue weighted by Gasteiger charge is -2.22. The number of anilines is 1. The molecule has 1 saturated heterocycles. The fraction of sp³-hybridized carbons (Fsp3) is 0.600. The quantitative estimate of drug-likeness (QED) is 0.524. The first-order chi connectivity index (χ1) is 12.6. The van der Waals surface area contributed by atoms with Crippen LogP contribution in [0.2, 0.25) is 0 Å². The molecule has 0 aliphatic carbocycles. The summed E-state index contributed by atoms with van der Waals surface area (Å²) in [6, 6.07) is 7.43. The van der Waals surface area contributed by atoms with Gasteiger partial charge >= 0.3 is 11.8 Å². The van der Waals surface area contributed by atoms with Crippen LogP contribution in [-0.2, 0) is 9.59 Å². The van der Waals surface area contributed by atoms with Crippen molar-refractivity contribution in [3.8, 4) is 5.75 Å². The molecule has 0 unspecified atom stereocenters. The molecule has 2 rings (SSSR count). The van der Waals surface area contributed by atoms with Crippen LogP contribution in [0.5, 0.6) is 5.75 Å². The van der Waals surface area contributed by atoms with E-state index in [1.165, 1.54) is 0 Å². The van der Waals surface area contributed by atoms with Gasteiger partial charge in [-0.15, -0.1) is 0 Å². The maximum atomic E-state index is 12.0. The van der Waals surface area contributed by atoms with E-state index < -0.39 is 11.8 Å². The van der Waals surface area contributed by atoms with E-state index in [4.69, 9.17) is 4.74 Å². The average Bonchev–Trinajstić information content (AvgIpc) is 3.12. The van der Waals surface area contributed by atoms with Gasteiger partial charge in [0.25, 0.3) is 0 Å². The van der Waals surface area contributed by atoms with Gasteiger partial charge in [-0.2, -0.15) is 0 Å². The topological polar surface area (TPSA) is 70.7 Å². The van der Waals surface area contributed by atoms with Gasteiger partial charge in [0.1, 0.15) is 5.75 Å². The van der Waals surface area contributed by atoms with Gasteiger partial charge in [0.05, 0.1) is 6.61 Å². The largest absolute Gasteiger partial charge is 0.494 e. The Labute approximate surface area is 156 Å². The minimum Gasteiger partial charge on any atom is -0.494 e. The first kappa shape index (κ1) is 20.2. The van der Waals surface area contributed by atoms with Crippen LogP contribution < -0.4 is 15.4 Å². The van der Waals surface area contributed by atoms with Gasteiger partial charge in [0, 0.05) is 18.3 Å². The molecule has 0 aromatic heterocycles. The number of ether oxygens (including phenoxy) is 1. The molecule has 144 valence electrons. The van der Waals surface area contributed by atoms with Crippen molar-refractivity contribution in [1.82, 2.24) is 10.2 Å². The molecule has 0 saturated carbocycles. The van der Waals surface area contributed by atoms with Crippen molar-refractivity contribution in [2.75, 3.05) is 31.6 Å². The zero-order chi connectivity index (χ0) is 18.8. The lowest BCUT2D eigenvalue weighted by Crippen LogP contribution is -2.43. The van der Waals surface area contributed by atoms with E-state index >= 15 is 0 Å². The van der Waals surface area contributed by atoms with Crippen molar-refractivity contribution in [2.24, 2.45) is 0 Å². The number of hydrogen-bond acceptors (Lipinski definition) is 4. The summed E-state index contributed by atoms with van der Waals surface area (Å²) in [5, 5.41) is 5.37. The summed E-state index contributed by atoms with van der Waals surface area (Å²) in [5.41, 5.74) is 0.585. The third-order valence-corrected chi connectivity index (χ3v) is 4.74. The number of carbonyl (C=O) groups is 2. The third kappa shape index (κ3) is 6.33. The minimum absolute atomic E-state index is 0.334. The number of likely N-dealkylation sites (N-methyl/N-ethyl adjacent to an activating group) is 1. The van der Waals surface area contributed by atoms with Gasteiger partial charge in [-0.05, 0) is 56.6 Å². The van der Waals surface area contributed by atoms with Crippen molar-refractivity contribution in [1.29, 1.82) is 0 Å². The van der Waals surface area contributed by atoms with Crippen molar-refractivity contribution in [2.45, 2.75) is 52.0 Å². The van der Waals surface area contributed by atoms with Crippen molar-refractivity contribution < 1.29 is 14.3 Å². The third-order valence-electron chi connectivity index (χ3n) is 4.74. The molecule has 1 aromatic carbocycles. The predicted octanol–water partition coefficient (Wildman–Crippen LogP) is 2.79. The SMILES string of the molecule is CCCCCOc1ccc(NC(=O)C(=O)NC[C@@H]2CCCN2CC)cc1. The number of hydrogen-bond donors (Lipinski definition) is 2. The van der Waals surface area contributed by atoms with E-state index in [0.717, 1.165) is 50.9 Å². The number of benzene rings is 1. The second kappa shape index (κ2) is 10.8. The maximum Gasteiger partial charge on any atom is 0.313 e. The number of nitrogens with zero attached hydrogens (tertiary/aromatic N) is 1. The van der Waals surface area contributed by atoms with Crippen LogP contribution in [0.1, 0.15) is 46.0 Å². The van der Waals surface area contributed by atoms with Crippen LogP contribution in [0.15, 0.2) is 24.3 Å². The Morgan fingerprint density at radius 3 is 2.62 bits per heavy atom. The first-order valence-corrected chi connectivity index (χ1v) is 9.70. The summed E-state index contributed by atoms with van der Waals surface area (Å²) in [6.07, 6.45) is 5.56. The van der Waals surface area contributed by atoms with Gasteiger partial charge in [0.15, 0.2) is 0 Å². The second-order valence-electron chi connectivity index (χ2n) is 6.67. The summed E-state index contributed by atoms with van der Waals surface area (Å²) in [5.74, 6) is -0.458. The van der Waals surface area contributed by atoms with E-state index in [2.05, 4.69) is 29.4 Å². The molecule has 1 heterocycles. The number of unbranched alkanes of at least 4 members (excludes halogenated alkanes) is 2. The molecular formula is C20H31N3O3. The Bertz CT molecular complexity index is 574. The molecule has 2 N–H and O–H groups in total. The fourth-order valence-corrected chi connectivity index (χ4v) is 3.20. The highest BCUT2D eigenvalue weighted by molar-refractivity contribution is 6.39. The van der Waals surface area contributed by atoms with E-state index in [1.807, 2.05) is 0 Å². The first-order valence-electron chi connectivity index (χ1n) is 9.70. The lowest BCUT2D eigenvalue weighted by atomic mass is 10.2. The summed E-state index contributed by atoms with van der Waals surface area (Å²) >= 11 is 0. The van der Waals surface area contributed by atoms with Crippen LogP contribution in [-0.4, -0.2) is 49.0 Å². The van der Waals surface area contributed by atoms with Gasteiger partial charge < -0.3 is 15.4 Å². The Hall–Kier alpha value is -2.08. The van der Waals surface area contributed by atoms with Crippen LogP contribution in [0.25, 0.3) is 0 Å². The Balaban J connectivity index is 1.73. The normalized spacial score (nSPS) is 17.1. The minimum atomic E-state index is -0.636. The summed E-state index contributed by atoms with van der Waals surface area (Å²) in [4.78, 5) is 26.4. The molecular weight excluding hydrogens is 330 g/mol. The van der Waals surface area contributed by atoms with Gasteiger partial charge in [-0.25, -0.2) is 0 Å². The van der Waals surface area contributed by atoms with Crippen LogP contribution in [0.3, 0.4) is 0 Å².